The second-order valence-corrected chi connectivity index (χ2v) is 9.73. The normalized spacial score (nSPS) is 11.5. The highest BCUT2D eigenvalue weighted by Crippen LogP contribution is 2.28. The number of hydrazone groups is 1. The molecule has 0 aliphatic carbocycles. The van der Waals surface area contributed by atoms with Crippen molar-refractivity contribution in [3.8, 4) is 17.1 Å². The van der Waals surface area contributed by atoms with E-state index in [1.54, 1.807) is 0 Å². The van der Waals surface area contributed by atoms with Gasteiger partial charge in [0.05, 0.1) is 11.5 Å². The zero-order valence-corrected chi connectivity index (χ0v) is 21.5. The van der Waals surface area contributed by atoms with E-state index >= 15 is 0 Å². The number of nitrogens with one attached hydrogen (secondary N) is 1. The van der Waals surface area contributed by atoms with Gasteiger partial charge in [0.1, 0.15) is 0 Å². The van der Waals surface area contributed by atoms with E-state index < -0.39 is 0 Å². The van der Waals surface area contributed by atoms with Gasteiger partial charge in [0.25, 0.3) is 5.91 Å². The summed E-state index contributed by atoms with van der Waals surface area (Å²) in [5.74, 6) is 0.678. The summed E-state index contributed by atoms with van der Waals surface area (Å²) >= 11 is 4.78. The zero-order valence-electron chi connectivity index (χ0n) is 19.1. The van der Waals surface area contributed by atoms with Crippen LogP contribution < -0.4 is 5.43 Å². The van der Waals surface area contributed by atoms with Crippen molar-refractivity contribution in [1.82, 2.24) is 20.2 Å². The Morgan fingerprint density at radius 2 is 1.68 bits per heavy atom. The van der Waals surface area contributed by atoms with Crippen LogP contribution in [0.3, 0.4) is 0 Å². The third kappa shape index (κ3) is 5.81. The molecule has 6 nitrogen and oxygen atoms in total. The van der Waals surface area contributed by atoms with Gasteiger partial charge in [0.15, 0.2) is 11.0 Å². The molecular weight excluding hydrogens is 510 g/mol. The smallest absolute Gasteiger partial charge is 0.250 e. The van der Waals surface area contributed by atoms with Crippen molar-refractivity contribution in [2.45, 2.75) is 25.9 Å². The van der Waals surface area contributed by atoms with Gasteiger partial charge >= 0.3 is 0 Å². The second kappa shape index (κ2) is 10.8. The lowest BCUT2D eigenvalue weighted by Crippen LogP contribution is -2.21. The van der Waals surface area contributed by atoms with Gasteiger partial charge in [-0.3, -0.25) is 9.36 Å². The molecule has 1 N–H and O–H groups in total. The number of hydrogen-bond donors (Lipinski definition) is 1. The topological polar surface area (TPSA) is 72.2 Å². The van der Waals surface area contributed by atoms with Crippen molar-refractivity contribution in [3.05, 3.63) is 94.0 Å². The second-order valence-electron chi connectivity index (χ2n) is 7.87. The number of benzene rings is 3. The van der Waals surface area contributed by atoms with Crippen LogP contribution in [0.1, 0.15) is 23.6 Å². The summed E-state index contributed by atoms with van der Waals surface area (Å²) in [4.78, 5) is 12.5. The van der Waals surface area contributed by atoms with Crippen molar-refractivity contribution in [3.63, 3.8) is 0 Å². The van der Waals surface area contributed by atoms with Gasteiger partial charge in [-0.25, -0.2) is 5.43 Å². The average Bonchev–Trinajstić information content (AvgIpc) is 3.26. The quantitative estimate of drug-likeness (QED) is 0.181. The number of thioether (sulfide) groups is 1. The lowest BCUT2D eigenvalue weighted by Gasteiger charge is -2.11. The minimum atomic E-state index is -0.213. The number of nitrogens with zero attached hydrogens (tertiary/aromatic N) is 4. The highest BCUT2D eigenvalue weighted by Gasteiger charge is 2.17. The van der Waals surface area contributed by atoms with Crippen molar-refractivity contribution < 1.29 is 4.79 Å². The SMILES string of the molecule is CC(=NNC(=O)CSc1nnc(-c2ccc(C)cc2)n1-c1ccc(C)cc1)c1cccc(Br)c1. The lowest BCUT2D eigenvalue weighted by atomic mass is 10.1. The van der Waals surface area contributed by atoms with Crippen molar-refractivity contribution in [2.24, 2.45) is 5.10 Å². The van der Waals surface area contributed by atoms with Crippen LogP contribution in [0.25, 0.3) is 17.1 Å². The summed E-state index contributed by atoms with van der Waals surface area (Å²) in [6.07, 6.45) is 0. The molecule has 0 saturated carbocycles. The van der Waals surface area contributed by atoms with Crippen molar-refractivity contribution >= 4 is 39.3 Å². The Morgan fingerprint density at radius 1 is 1.00 bits per heavy atom. The predicted molar refractivity (Wildman–Crippen MR) is 141 cm³/mol. The van der Waals surface area contributed by atoms with Crippen LogP contribution in [0.15, 0.2) is 87.5 Å². The third-order valence-electron chi connectivity index (χ3n) is 5.16. The van der Waals surface area contributed by atoms with Crippen LogP contribution in [0.2, 0.25) is 0 Å². The maximum atomic E-state index is 12.5. The highest BCUT2D eigenvalue weighted by atomic mass is 79.9. The number of aryl methyl sites for hydroxylation is 2. The Balaban J connectivity index is 1.53. The molecule has 172 valence electrons. The number of carbonyl (C=O) groups is 1. The third-order valence-corrected chi connectivity index (χ3v) is 6.58. The first kappa shape index (κ1) is 23.9. The number of amides is 1. The fraction of sp³-hybridized carbons (Fsp3) is 0.154. The minimum Gasteiger partial charge on any atom is -0.272 e. The lowest BCUT2D eigenvalue weighted by molar-refractivity contribution is -0.118. The number of aromatic nitrogens is 3. The fourth-order valence-corrected chi connectivity index (χ4v) is 4.41. The van der Waals surface area contributed by atoms with Gasteiger partial charge in [0, 0.05) is 15.7 Å². The van der Waals surface area contributed by atoms with Crippen LogP contribution in [0, 0.1) is 13.8 Å². The van der Waals surface area contributed by atoms with E-state index in [9.17, 15) is 4.79 Å². The molecular formula is C26H24BrN5OS. The van der Waals surface area contributed by atoms with E-state index in [0.29, 0.717) is 5.16 Å². The predicted octanol–water partition coefficient (Wildman–Crippen LogP) is 5.95. The summed E-state index contributed by atoms with van der Waals surface area (Å²) in [6, 6.07) is 24.1. The first-order valence-corrected chi connectivity index (χ1v) is 12.5. The molecule has 0 aliphatic rings. The van der Waals surface area contributed by atoms with Gasteiger partial charge in [-0.1, -0.05) is 87.3 Å². The zero-order chi connectivity index (χ0) is 24.1. The number of carbonyl (C=O) groups excluding carboxylic acids is 1. The van der Waals surface area contributed by atoms with Gasteiger partial charge in [0.2, 0.25) is 0 Å². The molecule has 0 unspecified atom stereocenters. The molecule has 0 spiro atoms. The Morgan fingerprint density at radius 3 is 2.35 bits per heavy atom. The fourth-order valence-electron chi connectivity index (χ4n) is 3.27. The Bertz CT molecular complexity index is 1330. The molecule has 0 radical (unpaired) electrons. The van der Waals surface area contributed by atoms with E-state index in [0.717, 1.165) is 32.8 Å². The minimum absolute atomic E-state index is 0.160. The summed E-state index contributed by atoms with van der Waals surface area (Å²) in [5.41, 5.74) is 8.55. The molecule has 8 heteroatoms. The average molecular weight is 534 g/mol. The molecule has 0 bridgehead atoms. The van der Waals surface area contributed by atoms with Gasteiger partial charge in [-0.2, -0.15) is 5.10 Å². The summed E-state index contributed by atoms with van der Waals surface area (Å²) in [5, 5.41) is 13.7. The van der Waals surface area contributed by atoms with Crippen LogP contribution in [-0.4, -0.2) is 32.1 Å². The number of halogens is 1. The van der Waals surface area contributed by atoms with Crippen LogP contribution >= 0.6 is 27.7 Å². The van der Waals surface area contributed by atoms with E-state index in [1.807, 2.05) is 66.9 Å². The largest absolute Gasteiger partial charge is 0.272 e. The van der Waals surface area contributed by atoms with E-state index in [-0.39, 0.29) is 11.7 Å². The molecule has 4 aromatic rings. The number of hydrogen-bond acceptors (Lipinski definition) is 5. The van der Waals surface area contributed by atoms with E-state index in [4.69, 9.17) is 0 Å². The van der Waals surface area contributed by atoms with Crippen LogP contribution in [-0.2, 0) is 4.79 Å². The Hall–Kier alpha value is -3.23. The maximum Gasteiger partial charge on any atom is 0.250 e. The van der Waals surface area contributed by atoms with Gasteiger partial charge in [-0.05, 0) is 50.6 Å². The monoisotopic (exact) mass is 533 g/mol. The molecule has 0 saturated heterocycles. The van der Waals surface area contributed by atoms with Gasteiger partial charge < -0.3 is 0 Å². The summed E-state index contributed by atoms with van der Waals surface area (Å²) in [6.45, 7) is 5.96. The maximum absolute atomic E-state index is 12.5. The summed E-state index contributed by atoms with van der Waals surface area (Å²) < 4.78 is 2.94. The molecule has 1 aromatic heterocycles. The number of rotatable bonds is 7. The summed E-state index contributed by atoms with van der Waals surface area (Å²) in [7, 11) is 0. The van der Waals surface area contributed by atoms with E-state index in [2.05, 4.69) is 67.8 Å². The van der Waals surface area contributed by atoms with E-state index in [1.165, 1.54) is 22.9 Å². The molecule has 0 atom stereocenters. The molecule has 1 heterocycles. The molecule has 0 fully saturated rings. The van der Waals surface area contributed by atoms with Crippen LogP contribution in [0.5, 0.6) is 0 Å². The standard InChI is InChI=1S/C26H24BrN5OS/c1-17-7-11-20(12-8-17)25-30-31-26(32(25)23-13-9-18(2)10-14-23)34-16-24(33)29-28-19(3)21-5-4-6-22(27)15-21/h4-15H,16H2,1-3H3,(H,29,33). The first-order chi connectivity index (χ1) is 16.4. The molecule has 4 rings (SSSR count). The Labute approximate surface area is 211 Å². The van der Waals surface area contributed by atoms with Crippen LogP contribution in [0.4, 0.5) is 0 Å². The highest BCUT2D eigenvalue weighted by molar-refractivity contribution is 9.10. The molecule has 3 aromatic carbocycles. The molecule has 34 heavy (non-hydrogen) atoms. The Kier molecular flexibility index (Phi) is 7.59. The van der Waals surface area contributed by atoms with Crippen molar-refractivity contribution in [1.29, 1.82) is 0 Å². The van der Waals surface area contributed by atoms with Gasteiger partial charge in [-0.15, -0.1) is 10.2 Å². The first-order valence-electron chi connectivity index (χ1n) is 10.7. The van der Waals surface area contributed by atoms with Crippen molar-refractivity contribution in [2.75, 3.05) is 5.75 Å². The molecule has 0 aliphatic heterocycles. The molecule has 1 amide bonds.